The molecule has 17 heavy (non-hydrogen) atoms. The van der Waals surface area contributed by atoms with Crippen LogP contribution >= 0.6 is 0 Å². The molecule has 2 radical (unpaired) electrons. The van der Waals surface area contributed by atoms with Gasteiger partial charge in [-0.15, -0.1) is 0 Å². The third-order valence-corrected chi connectivity index (χ3v) is 1.97. The molecule has 4 nitrogen and oxygen atoms in total. The third-order valence-electron chi connectivity index (χ3n) is 1.97. The lowest BCUT2D eigenvalue weighted by Crippen LogP contribution is -2.30. The van der Waals surface area contributed by atoms with Crippen molar-refractivity contribution in [3.8, 4) is 0 Å². The predicted molar refractivity (Wildman–Crippen MR) is 55.3 cm³/mol. The van der Waals surface area contributed by atoms with Crippen LogP contribution in [0.3, 0.4) is 0 Å². The van der Waals surface area contributed by atoms with Gasteiger partial charge in [-0.3, -0.25) is 4.79 Å². The molecule has 0 aromatic carbocycles. The lowest BCUT2D eigenvalue weighted by atomic mass is 9.99. The second-order valence-corrected chi connectivity index (χ2v) is 3.31. The molecule has 0 atom stereocenters. The van der Waals surface area contributed by atoms with Crippen molar-refractivity contribution in [1.82, 2.24) is 9.38 Å². The van der Waals surface area contributed by atoms with Gasteiger partial charge in [0.1, 0.15) is 13.5 Å². The summed E-state index contributed by atoms with van der Waals surface area (Å²) in [5.41, 5.74) is 0.820. The molecule has 0 aliphatic carbocycles. The summed E-state index contributed by atoms with van der Waals surface area (Å²) >= 11 is 0. The smallest absolute Gasteiger partial charge is 0.305 e. The molecule has 1 N–H and O–H groups in total. The molecule has 0 unspecified atom stereocenters. The number of carbonyl (C=O) groups is 1. The average Bonchev–Trinajstić information content (AvgIpc) is 2.57. The Kier molecular flexibility index (Phi) is 2.57. The van der Waals surface area contributed by atoms with E-state index in [4.69, 9.17) is 7.85 Å². The molecule has 86 valence electrons. The van der Waals surface area contributed by atoms with E-state index in [-0.39, 0.29) is 5.82 Å². The maximum atomic E-state index is 12.0. The number of anilines is 1. The van der Waals surface area contributed by atoms with Gasteiger partial charge in [-0.25, -0.2) is 4.98 Å². The number of carbonyl (C=O) groups excluding carboxylic acids is 1. The average molecular weight is 239 g/mol. The fourth-order valence-electron chi connectivity index (χ4n) is 1.26. The molecule has 2 aromatic rings. The molecule has 0 saturated carbocycles. The van der Waals surface area contributed by atoms with Gasteiger partial charge in [0.05, 0.1) is 6.20 Å². The Labute approximate surface area is 94.9 Å². The van der Waals surface area contributed by atoms with Crippen molar-refractivity contribution in [3.63, 3.8) is 0 Å². The zero-order chi connectivity index (χ0) is 12.6. The van der Waals surface area contributed by atoms with Crippen LogP contribution in [0.1, 0.15) is 0 Å². The Morgan fingerprint density at radius 2 is 2.06 bits per heavy atom. The molecule has 2 heterocycles. The van der Waals surface area contributed by atoms with Gasteiger partial charge in [0.2, 0.25) is 0 Å². The molecule has 8 heteroatoms. The summed E-state index contributed by atoms with van der Waals surface area (Å²) in [6.07, 6.45) is -2.21. The van der Waals surface area contributed by atoms with Crippen molar-refractivity contribution < 1.29 is 18.0 Å². The van der Waals surface area contributed by atoms with Crippen LogP contribution < -0.4 is 10.8 Å². The highest BCUT2D eigenvalue weighted by Crippen LogP contribution is 2.17. The Bertz CT molecular complexity index is 578. The van der Waals surface area contributed by atoms with Crippen LogP contribution in [-0.4, -0.2) is 29.3 Å². The first-order chi connectivity index (χ1) is 7.86. The molecular weight excluding hydrogens is 234 g/mol. The number of alkyl halides is 3. The predicted octanol–water partition coefficient (Wildman–Crippen LogP) is 0.629. The van der Waals surface area contributed by atoms with E-state index in [1.54, 1.807) is 11.4 Å². The van der Waals surface area contributed by atoms with Gasteiger partial charge >= 0.3 is 12.1 Å². The number of halogens is 3. The summed E-state index contributed by atoms with van der Waals surface area (Å²) < 4.78 is 37.4. The van der Waals surface area contributed by atoms with Gasteiger partial charge in [0.25, 0.3) is 0 Å². The van der Waals surface area contributed by atoms with Crippen molar-refractivity contribution in [2.75, 3.05) is 5.32 Å². The van der Waals surface area contributed by atoms with E-state index in [0.717, 1.165) is 0 Å². The highest BCUT2D eigenvalue weighted by molar-refractivity contribution is 6.32. The number of hydrogen-bond acceptors (Lipinski definition) is 2. The van der Waals surface area contributed by atoms with Crippen molar-refractivity contribution in [1.29, 1.82) is 0 Å². The van der Waals surface area contributed by atoms with Crippen molar-refractivity contribution in [2.24, 2.45) is 0 Å². The lowest BCUT2D eigenvalue weighted by Gasteiger charge is -2.04. The van der Waals surface area contributed by atoms with Gasteiger partial charge < -0.3 is 9.72 Å². The van der Waals surface area contributed by atoms with Gasteiger partial charge in [-0.2, -0.15) is 13.2 Å². The lowest BCUT2D eigenvalue weighted by molar-refractivity contribution is -0.167. The molecule has 0 aliphatic rings. The van der Waals surface area contributed by atoms with E-state index in [1.807, 2.05) is 0 Å². The molecular formula is C9H5BF3N3O. The maximum absolute atomic E-state index is 12.0. The van der Waals surface area contributed by atoms with Crippen molar-refractivity contribution in [3.05, 3.63) is 24.5 Å². The summed E-state index contributed by atoms with van der Waals surface area (Å²) in [4.78, 5) is 14.5. The first kappa shape index (κ1) is 11.5. The summed E-state index contributed by atoms with van der Waals surface area (Å²) in [5.74, 6) is -2.24. The number of pyridine rings is 1. The van der Waals surface area contributed by atoms with Gasteiger partial charge in [0, 0.05) is 6.20 Å². The fourth-order valence-corrected chi connectivity index (χ4v) is 1.26. The fraction of sp³-hybridized carbons (Fsp3) is 0.111. The molecule has 0 fully saturated rings. The first-order valence-electron chi connectivity index (χ1n) is 4.48. The summed E-state index contributed by atoms with van der Waals surface area (Å²) in [6.45, 7) is 0. The standard InChI is InChI=1S/C9H5BF3N3O/c10-5-1-2-7-14-6(4-16(7)3-5)15-8(17)9(11,12)13/h1-4H,(H,15,17). The van der Waals surface area contributed by atoms with E-state index in [2.05, 4.69) is 4.98 Å². The number of amides is 1. The topological polar surface area (TPSA) is 46.4 Å². The van der Waals surface area contributed by atoms with Gasteiger partial charge in [-0.05, 0) is 6.07 Å². The van der Waals surface area contributed by atoms with Crippen molar-refractivity contribution >= 4 is 30.7 Å². The minimum Gasteiger partial charge on any atom is -0.305 e. The highest BCUT2D eigenvalue weighted by atomic mass is 19.4. The number of nitrogens with zero attached hydrogens (tertiary/aromatic N) is 2. The maximum Gasteiger partial charge on any atom is 0.471 e. The minimum absolute atomic E-state index is 0.182. The Morgan fingerprint density at radius 3 is 2.71 bits per heavy atom. The van der Waals surface area contributed by atoms with Crippen LogP contribution in [0, 0.1) is 0 Å². The van der Waals surface area contributed by atoms with E-state index >= 15 is 0 Å². The zero-order valence-corrected chi connectivity index (χ0v) is 8.32. The summed E-state index contributed by atoms with van der Waals surface area (Å²) in [7, 11) is 5.49. The largest absolute Gasteiger partial charge is 0.471 e. The SMILES string of the molecule is [B]c1ccc2nc(NC(=O)C(F)(F)F)cn2c1. The number of nitrogens with one attached hydrogen (secondary N) is 1. The Hall–Kier alpha value is -1.99. The van der Waals surface area contributed by atoms with Crippen LogP contribution in [0.15, 0.2) is 24.5 Å². The molecule has 0 spiro atoms. The van der Waals surface area contributed by atoms with E-state index in [9.17, 15) is 18.0 Å². The van der Waals surface area contributed by atoms with E-state index in [1.165, 1.54) is 22.9 Å². The summed E-state index contributed by atoms with van der Waals surface area (Å²) in [6, 6.07) is 3.08. The van der Waals surface area contributed by atoms with Crippen molar-refractivity contribution in [2.45, 2.75) is 6.18 Å². The van der Waals surface area contributed by atoms with E-state index in [0.29, 0.717) is 11.1 Å². The minimum atomic E-state index is -4.94. The molecule has 2 rings (SSSR count). The number of hydrogen-bond donors (Lipinski definition) is 1. The normalized spacial score (nSPS) is 11.7. The van der Waals surface area contributed by atoms with Crippen LogP contribution in [0.4, 0.5) is 19.0 Å². The number of aromatic nitrogens is 2. The number of rotatable bonds is 1. The Morgan fingerprint density at radius 1 is 1.35 bits per heavy atom. The quantitative estimate of drug-likeness (QED) is 0.741. The summed E-state index contributed by atoms with van der Waals surface area (Å²) in [5, 5.41) is 1.65. The molecule has 0 saturated heterocycles. The van der Waals surface area contributed by atoms with E-state index < -0.39 is 12.1 Å². The number of fused-ring (bicyclic) bond motifs is 1. The van der Waals surface area contributed by atoms with Crippen LogP contribution in [0.25, 0.3) is 5.65 Å². The molecule has 0 bridgehead atoms. The van der Waals surface area contributed by atoms with Crippen LogP contribution in [0.5, 0.6) is 0 Å². The zero-order valence-electron chi connectivity index (χ0n) is 8.32. The monoisotopic (exact) mass is 239 g/mol. The molecule has 0 aliphatic heterocycles. The van der Waals surface area contributed by atoms with Gasteiger partial charge in [-0.1, -0.05) is 11.5 Å². The number of imidazole rings is 1. The highest BCUT2D eigenvalue weighted by Gasteiger charge is 2.39. The third kappa shape index (κ3) is 2.40. The second kappa shape index (κ2) is 3.79. The van der Waals surface area contributed by atoms with Gasteiger partial charge in [0.15, 0.2) is 5.82 Å². The van der Waals surface area contributed by atoms with Crippen LogP contribution in [-0.2, 0) is 4.79 Å². The first-order valence-corrected chi connectivity index (χ1v) is 4.48. The Balaban J connectivity index is 2.29. The second-order valence-electron chi connectivity index (χ2n) is 3.31. The molecule has 1 amide bonds. The van der Waals surface area contributed by atoms with Crippen LogP contribution in [0.2, 0.25) is 0 Å². The molecule has 2 aromatic heterocycles.